The number of hydrogen-bond acceptors (Lipinski definition) is 3. The minimum Gasteiger partial charge on any atom is -0.481 e. The van der Waals surface area contributed by atoms with E-state index in [0.29, 0.717) is 35.7 Å². The van der Waals surface area contributed by atoms with Crippen molar-refractivity contribution in [1.82, 2.24) is 4.31 Å². The molecule has 2 N–H and O–H groups in total. The van der Waals surface area contributed by atoms with Crippen LogP contribution in [0.4, 0.5) is 5.69 Å². The second kappa shape index (κ2) is 6.21. The van der Waals surface area contributed by atoms with Gasteiger partial charge in [0.1, 0.15) is 0 Å². The van der Waals surface area contributed by atoms with Crippen LogP contribution in [0.15, 0.2) is 18.2 Å². The lowest BCUT2D eigenvalue weighted by atomic mass is 10.0. The van der Waals surface area contributed by atoms with E-state index in [2.05, 4.69) is 4.72 Å². The van der Waals surface area contributed by atoms with Crippen LogP contribution in [0, 0.1) is 12.8 Å². The zero-order valence-corrected chi connectivity index (χ0v) is 13.1. The van der Waals surface area contributed by atoms with Crippen LogP contribution in [0.1, 0.15) is 18.4 Å². The minimum atomic E-state index is -3.76. The van der Waals surface area contributed by atoms with Crippen molar-refractivity contribution >= 4 is 33.5 Å². The highest BCUT2D eigenvalue weighted by molar-refractivity contribution is 7.90. The van der Waals surface area contributed by atoms with Crippen molar-refractivity contribution in [2.45, 2.75) is 19.8 Å². The highest BCUT2D eigenvalue weighted by Crippen LogP contribution is 2.24. The summed E-state index contributed by atoms with van der Waals surface area (Å²) < 4.78 is 28.4. The van der Waals surface area contributed by atoms with Crippen molar-refractivity contribution < 1.29 is 18.3 Å². The normalized spacial score (nSPS) is 20.2. The molecule has 0 aromatic heterocycles. The number of nitrogens with one attached hydrogen (secondary N) is 1. The lowest BCUT2D eigenvalue weighted by Crippen LogP contribution is -2.44. The number of piperidine rings is 1. The van der Waals surface area contributed by atoms with Crippen LogP contribution in [0.2, 0.25) is 5.02 Å². The number of anilines is 1. The molecule has 0 amide bonds. The summed E-state index contributed by atoms with van der Waals surface area (Å²) >= 11 is 5.84. The van der Waals surface area contributed by atoms with Gasteiger partial charge in [0.2, 0.25) is 0 Å². The molecule has 0 radical (unpaired) electrons. The first-order valence-corrected chi connectivity index (χ1v) is 8.38. The van der Waals surface area contributed by atoms with Crippen molar-refractivity contribution in [2.75, 3.05) is 17.8 Å². The molecular formula is C13H17ClN2O4S. The van der Waals surface area contributed by atoms with E-state index in [1.54, 1.807) is 25.1 Å². The topological polar surface area (TPSA) is 86.7 Å². The van der Waals surface area contributed by atoms with E-state index in [0.717, 1.165) is 0 Å². The van der Waals surface area contributed by atoms with Gasteiger partial charge in [0.25, 0.3) is 0 Å². The van der Waals surface area contributed by atoms with Crippen LogP contribution < -0.4 is 4.72 Å². The number of carboxylic acids is 1. The molecule has 6 nitrogen and oxygen atoms in total. The summed E-state index contributed by atoms with van der Waals surface area (Å²) in [6.07, 6.45) is 1.04. The third kappa shape index (κ3) is 3.87. The first-order chi connectivity index (χ1) is 9.79. The minimum absolute atomic E-state index is 0.00267. The molecule has 2 rings (SSSR count). The molecule has 1 aromatic rings. The molecular weight excluding hydrogens is 316 g/mol. The smallest absolute Gasteiger partial charge is 0.307 e. The molecule has 1 atom stereocenters. The quantitative estimate of drug-likeness (QED) is 0.884. The zero-order chi connectivity index (χ0) is 15.6. The summed E-state index contributed by atoms with van der Waals surface area (Å²) in [5.41, 5.74) is 1.15. The molecule has 1 saturated heterocycles. The molecule has 1 aliphatic rings. The van der Waals surface area contributed by atoms with Crippen LogP contribution >= 0.6 is 11.6 Å². The fraction of sp³-hybridized carbons (Fsp3) is 0.462. The number of benzene rings is 1. The number of aryl methyl sites for hydroxylation is 1. The Balaban J connectivity index is 2.16. The van der Waals surface area contributed by atoms with Gasteiger partial charge in [-0.2, -0.15) is 12.7 Å². The van der Waals surface area contributed by atoms with Gasteiger partial charge in [0, 0.05) is 18.1 Å². The van der Waals surface area contributed by atoms with E-state index >= 15 is 0 Å². The summed E-state index contributed by atoms with van der Waals surface area (Å²) in [7, 11) is -3.76. The van der Waals surface area contributed by atoms with E-state index < -0.39 is 22.1 Å². The van der Waals surface area contributed by atoms with Crippen molar-refractivity contribution in [3.63, 3.8) is 0 Å². The van der Waals surface area contributed by atoms with Crippen LogP contribution in [0.5, 0.6) is 0 Å². The molecule has 1 fully saturated rings. The lowest BCUT2D eigenvalue weighted by molar-refractivity contribution is -0.142. The maximum absolute atomic E-state index is 12.3. The third-order valence-corrected chi connectivity index (χ3v) is 5.23. The van der Waals surface area contributed by atoms with Gasteiger partial charge in [-0.15, -0.1) is 0 Å². The number of halogens is 1. The first kappa shape index (κ1) is 16.1. The highest BCUT2D eigenvalue weighted by atomic mass is 35.5. The van der Waals surface area contributed by atoms with Gasteiger partial charge in [-0.3, -0.25) is 9.52 Å². The molecule has 1 heterocycles. The van der Waals surface area contributed by atoms with Crippen molar-refractivity contribution in [2.24, 2.45) is 5.92 Å². The molecule has 116 valence electrons. The summed E-state index contributed by atoms with van der Waals surface area (Å²) in [6, 6.07) is 4.85. The molecule has 0 saturated carbocycles. The fourth-order valence-electron chi connectivity index (χ4n) is 2.31. The van der Waals surface area contributed by atoms with E-state index in [1.165, 1.54) is 4.31 Å². The van der Waals surface area contributed by atoms with Gasteiger partial charge in [0.15, 0.2) is 0 Å². The van der Waals surface area contributed by atoms with Gasteiger partial charge >= 0.3 is 16.2 Å². The van der Waals surface area contributed by atoms with Crippen LogP contribution in [0.3, 0.4) is 0 Å². The van der Waals surface area contributed by atoms with Crippen molar-refractivity contribution in [1.29, 1.82) is 0 Å². The second-order valence-corrected chi connectivity index (χ2v) is 7.21. The fourth-order valence-corrected chi connectivity index (χ4v) is 3.92. The van der Waals surface area contributed by atoms with Gasteiger partial charge in [0.05, 0.1) is 11.6 Å². The Morgan fingerprint density at radius 3 is 2.81 bits per heavy atom. The lowest BCUT2D eigenvalue weighted by Gasteiger charge is -2.30. The standard InChI is InChI=1S/C13H17ClN2O4S/c1-9-7-11(14)4-5-12(9)15-21(19,20)16-6-2-3-10(8-16)13(17)18/h4-5,7,10,15H,2-3,6,8H2,1H3,(H,17,18). The Kier molecular flexibility index (Phi) is 4.75. The molecule has 1 aliphatic heterocycles. The third-order valence-electron chi connectivity index (χ3n) is 3.50. The maximum atomic E-state index is 12.3. The average molecular weight is 333 g/mol. The van der Waals surface area contributed by atoms with Crippen LogP contribution in [0.25, 0.3) is 0 Å². The highest BCUT2D eigenvalue weighted by Gasteiger charge is 2.32. The van der Waals surface area contributed by atoms with Gasteiger partial charge in [-0.25, -0.2) is 0 Å². The summed E-state index contributed by atoms with van der Waals surface area (Å²) in [4.78, 5) is 11.0. The Hall–Kier alpha value is -1.31. The number of carbonyl (C=O) groups is 1. The van der Waals surface area contributed by atoms with Crippen molar-refractivity contribution in [3.05, 3.63) is 28.8 Å². The molecule has 1 aromatic carbocycles. The largest absolute Gasteiger partial charge is 0.481 e. The SMILES string of the molecule is Cc1cc(Cl)ccc1NS(=O)(=O)N1CCCC(C(=O)O)C1. The van der Waals surface area contributed by atoms with E-state index in [9.17, 15) is 13.2 Å². The Morgan fingerprint density at radius 1 is 1.48 bits per heavy atom. The van der Waals surface area contributed by atoms with Crippen LogP contribution in [-0.2, 0) is 15.0 Å². The summed E-state index contributed by atoms with van der Waals surface area (Å²) in [5.74, 6) is -1.61. The van der Waals surface area contributed by atoms with E-state index in [1.807, 2.05) is 0 Å². The summed E-state index contributed by atoms with van der Waals surface area (Å²) in [5, 5.41) is 9.56. The van der Waals surface area contributed by atoms with Crippen molar-refractivity contribution in [3.8, 4) is 0 Å². The van der Waals surface area contributed by atoms with Crippen LogP contribution in [-0.4, -0.2) is 36.9 Å². The zero-order valence-electron chi connectivity index (χ0n) is 11.5. The second-order valence-electron chi connectivity index (χ2n) is 5.10. The molecule has 0 aliphatic carbocycles. The van der Waals surface area contributed by atoms with Gasteiger partial charge in [-0.1, -0.05) is 11.6 Å². The predicted molar refractivity (Wildman–Crippen MR) is 80.7 cm³/mol. The van der Waals surface area contributed by atoms with Gasteiger partial charge in [-0.05, 0) is 43.5 Å². The van der Waals surface area contributed by atoms with E-state index in [-0.39, 0.29) is 6.54 Å². The Bertz CT molecular complexity index is 648. The Morgan fingerprint density at radius 2 is 2.19 bits per heavy atom. The molecule has 0 bridgehead atoms. The molecule has 0 spiro atoms. The number of carboxylic acid groups (broad SMARTS) is 1. The number of hydrogen-bond donors (Lipinski definition) is 2. The molecule has 1 unspecified atom stereocenters. The van der Waals surface area contributed by atoms with E-state index in [4.69, 9.17) is 16.7 Å². The first-order valence-electron chi connectivity index (χ1n) is 6.56. The van der Waals surface area contributed by atoms with Gasteiger partial charge < -0.3 is 5.11 Å². The predicted octanol–water partition coefficient (Wildman–Crippen LogP) is 2.10. The number of nitrogens with zero attached hydrogens (tertiary/aromatic N) is 1. The molecule has 21 heavy (non-hydrogen) atoms. The molecule has 8 heteroatoms. The maximum Gasteiger partial charge on any atom is 0.307 e. The Labute approximate surface area is 128 Å². The number of rotatable bonds is 4. The number of aliphatic carboxylic acids is 1. The average Bonchev–Trinajstić information content (AvgIpc) is 2.42. The summed E-state index contributed by atoms with van der Waals surface area (Å²) in [6.45, 7) is 2.07. The monoisotopic (exact) mass is 332 g/mol.